The molecular weight excluding hydrogens is 119 g/mol. The van der Waals surface area contributed by atoms with Crippen molar-refractivity contribution in [3.63, 3.8) is 0 Å². The fraction of sp³-hybridized carbons (Fsp3) is 0.750. The molecule has 0 amide bonds. The molecule has 0 rings (SSSR count). The van der Waals surface area contributed by atoms with Gasteiger partial charge in [0.25, 0.3) is 0 Å². The monoisotopic (exact) mass is 127 g/mol. The highest BCUT2D eigenvalue weighted by molar-refractivity contribution is 6.25. The highest BCUT2D eigenvalue weighted by atomic mass is 35.5. The first kappa shape index (κ1) is 9.77. The Labute approximate surface area is 49.4 Å². The third-order valence-corrected chi connectivity index (χ3v) is 0.643. The van der Waals surface area contributed by atoms with Crippen molar-refractivity contribution < 1.29 is 0 Å². The largest absolute Gasteiger partial charge is 0.125 e. The van der Waals surface area contributed by atoms with Crippen molar-refractivity contribution >= 4 is 23.2 Å². The molecule has 0 atom stereocenters. The number of halogens is 2. The standard InChI is InChI=1S/C2H4Cl2.C2H5/c3-1-2-4;1-2/h1-2H2;1H2,2H3. The van der Waals surface area contributed by atoms with Crippen LogP contribution in [0.2, 0.25) is 0 Å². The minimum Gasteiger partial charge on any atom is -0.125 e. The lowest BCUT2D eigenvalue weighted by atomic mass is 11.0. The van der Waals surface area contributed by atoms with Gasteiger partial charge in [0.2, 0.25) is 0 Å². The maximum atomic E-state index is 5.05. The SMILES string of the molecule is ClCCCl.[CH2]C. The Morgan fingerprint density at radius 2 is 1.33 bits per heavy atom. The summed E-state index contributed by atoms with van der Waals surface area (Å²) in [6, 6.07) is 0. The molecule has 0 aliphatic heterocycles. The average Bonchev–Trinajstić information content (AvgIpc) is 1.72. The zero-order chi connectivity index (χ0) is 5.41. The van der Waals surface area contributed by atoms with Gasteiger partial charge in [-0.2, -0.15) is 0 Å². The summed E-state index contributed by atoms with van der Waals surface area (Å²) in [7, 11) is 0. The van der Waals surface area contributed by atoms with Gasteiger partial charge in [0, 0.05) is 11.8 Å². The van der Waals surface area contributed by atoms with E-state index in [-0.39, 0.29) is 0 Å². The Morgan fingerprint density at radius 3 is 1.33 bits per heavy atom. The lowest BCUT2D eigenvalue weighted by Gasteiger charge is -1.63. The van der Waals surface area contributed by atoms with Crippen LogP contribution in [0.15, 0.2) is 0 Å². The molecule has 0 aromatic rings. The van der Waals surface area contributed by atoms with Crippen LogP contribution in [0.3, 0.4) is 0 Å². The Kier molecular flexibility index (Phi) is 28.6. The van der Waals surface area contributed by atoms with Crippen LogP contribution in [0.5, 0.6) is 0 Å². The van der Waals surface area contributed by atoms with Crippen LogP contribution >= 0.6 is 23.2 Å². The second kappa shape index (κ2) is 17.6. The molecule has 6 heavy (non-hydrogen) atoms. The molecule has 0 bridgehead atoms. The Balaban J connectivity index is 0. The molecule has 0 unspecified atom stereocenters. The summed E-state index contributed by atoms with van der Waals surface area (Å²) in [5.74, 6) is 1.11. The minimum atomic E-state index is 0.557. The van der Waals surface area contributed by atoms with Crippen LogP contribution in [-0.4, -0.2) is 11.8 Å². The summed E-state index contributed by atoms with van der Waals surface area (Å²) < 4.78 is 0. The van der Waals surface area contributed by atoms with Gasteiger partial charge in [0.05, 0.1) is 0 Å². The van der Waals surface area contributed by atoms with Gasteiger partial charge >= 0.3 is 0 Å². The molecule has 0 saturated heterocycles. The normalized spacial score (nSPS) is 6.00. The first-order valence-electron chi connectivity index (χ1n) is 1.74. The highest BCUT2D eigenvalue weighted by Crippen LogP contribution is 1.75. The second-order valence-corrected chi connectivity index (χ2v) is 1.13. The fourth-order valence-electron chi connectivity index (χ4n) is 0. The van der Waals surface area contributed by atoms with Crippen molar-refractivity contribution in [2.75, 3.05) is 11.8 Å². The van der Waals surface area contributed by atoms with E-state index < -0.39 is 0 Å². The number of hydrogen-bond acceptors (Lipinski definition) is 0. The van der Waals surface area contributed by atoms with Crippen LogP contribution in [0.1, 0.15) is 6.92 Å². The zero-order valence-electron chi connectivity index (χ0n) is 3.88. The van der Waals surface area contributed by atoms with Crippen LogP contribution < -0.4 is 0 Å². The molecule has 0 fully saturated rings. The first-order valence-corrected chi connectivity index (χ1v) is 2.81. The summed E-state index contributed by atoms with van der Waals surface area (Å²) >= 11 is 10.1. The van der Waals surface area contributed by atoms with Gasteiger partial charge in [-0.15, -0.1) is 23.2 Å². The lowest BCUT2D eigenvalue weighted by molar-refractivity contribution is 1.52. The van der Waals surface area contributed by atoms with Crippen LogP contribution in [0.25, 0.3) is 0 Å². The summed E-state index contributed by atoms with van der Waals surface area (Å²) in [5, 5.41) is 0. The van der Waals surface area contributed by atoms with E-state index in [0.29, 0.717) is 11.8 Å². The lowest BCUT2D eigenvalue weighted by Crippen LogP contribution is -1.63. The molecule has 0 N–H and O–H groups in total. The third kappa shape index (κ3) is 23.5. The fourth-order valence-corrected chi connectivity index (χ4v) is 0. The van der Waals surface area contributed by atoms with E-state index in [2.05, 4.69) is 6.92 Å². The molecule has 0 aromatic heterocycles. The predicted molar refractivity (Wildman–Crippen MR) is 32.5 cm³/mol. The van der Waals surface area contributed by atoms with Crippen LogP contribution in [0, 0.1) is 6.92 Å². The van der Waals surface area contributed by atoms with E-state index in [1.54, 1.807) is 6.92 Å². The topological polar surface area (TPSA) is 0 Å². The van der Waals surface area contributed by atoms with Gasteiger partial charge in [-0.3, -0.25) is 0 Å². The molecule has 2 heteroatoms. The highest BCUT2D eigenvalue weighted by Gasteiger charge is 1.61. The number of alkyl halides is 2. The number of hydrogen-bond donors (Lipinski definition) is 0. The Morgan fingerprint density at radius 1 is 1.17 bits per heavy atom. The van der Waals surface area contributed by atoms with Crippen molar-refractivity contribution in [3.8, 4) is 0 Å². The second-order valence-electron chi connectivity index (χ2n) is 0.378. The van der Waals surface area contributed by atoms with Crippen molar-refractivity contribution in [1.82, 2.24) is 0 Å². The van der Waals surface area contributed by atoms with Gasteiger partial charge in [-0.25, -0.2) is 0 Å². The van der Waals surface area contributed by atoms with Gasteiger partial charge in [-0.1, -0.05) is 13.8 Å². The molecular formula is C4H9Cl2. The smallest absolute Gasteiger partial charge is 0.0359 e. The van der Waals surface area contributed by atoms with E-state index in [4.69, 9.17) is 23.2 Å². The van der Waals surface area contributed by atoms with E-state index in [1.807, 2.05) is 0 Å². The predicted octanol–water partition coefficient (Wildman–Crippen LogP) is 2.30. The third-order valence-electron chi connectivity index (χ3n) is 0.0714. The quantitative estimate of drug-likeness (QED) is 0.475. The average molecular weight is 128 g/mol. The van der Waals surface area contributed by atoms with Crippen molar-refractivity contribution in [2.45, 2.75) is 6.92 Å². The van der Waals surface area contributed by atoms with E-state index >= 15 is 0 Å². The van der Waals surface area contributed by atoms with Crippen LogP contribution in [-0.2, 0) is 0 Å². The molecule has 0 spiro atoms. The summed E-state index contributed by atoms with van der Waals surface area (Å²) in [4.78, 5) is 0. The van der Waals surface area contributed by atoms with E-state index in [1.165, 1.54) is 0 Å². The molecule has 0 nitrogen and oxygen atoms in total. The number of rotatable bonds is 1. The summed E-state index contributed by atoms with van der Waals surface area (Å²) in [6.07, 6.45) is 0. The maximum Gasteiger partial charge on any atom is 0.0359 e. The molecule has 0 saturated carbocycles. The van der Waals surface area contributed by atoms with Crippen LogP contribution in [0.4, 0.5) is 0 Å². The molecule has 39 valence electrons. The first-order chi connectivity index (χ1) is 2.91. The van der Waals surface area contributed by atoms with Crippen molar-refractivity contribution in [3.05, 3.63) is 6.92 Å². The van der Waals surface area contributed by atoms with Gasteiger partial charge in [0.1, 0.15) is 0 Å². The van der Waals surface area contributed by atoms with Gasteiger partial charge < -0.3 is 0 Å². The van der Waals surface area contributed by atoms with Crippen molar-refractivity contribution in [1.29, 1.82) is 0 Å². The Hall–Kier alpha value is 0.580. The van der Waals surface area contributed by atoms with E-state index in [9.17, 15) is 0 Å². The maximum absolute atomic E-state index is 5.05. The zero-order valence-corrected chi connectivity index (χ0v) is 5.39. The molecule has 1 radical (unpaired) electrons. The Bertz CT molecular complexity index is 7.51. The summed E-state index contributed by atoms with van der Waals surface area (Å²) in [5.41, 5.74) is 0. The molecule has 0 aliphatic rings. The van der Waals surface area contributed by atoms with Gasteiger partial charge in [0.15, 0.2) is 0 Å². The van der Waals surface area contributed by atoms with E-state index in [0.717, 1.165) is 0 Å². The molecule has 0 aromatic carbocycles. The summed E-state index contributed by atoms with van der Waals surface area (Å²) in [6.45, 7) is 5.00. The molecule has 0 aliphatic carbocycles. The van der Waals surface area contributed by atoms with Gasteiger partial charge in [-0.05, 0) is 0 Å². The van der Waals surface area contributed by atoms with Crippen molar-refractivity contribution in [2.24, 2.45) is 0 Å². The minimum absolute atomic E-state index is 0.557. The molecule has 0 heterocycles.